The predicted molar refractivity (Wildman–Crippen MR) is 95.5 cm³/mol. The van der Waals surface area contributed by atoms with Crippen LogP contribution in [0.3, 0.4) is 0 Å². The third-order valence-electron chi connectivity index (χ3n) is 3.58. The van der Waals surface area contributed by atoms with E-state index < -0.39 is 10.0 Å². The van der Waals surface area contributed by atoms with Gasteiger partial charge in [0, 0.05) is 24.8 Å². The average molecular weight is 355 g/mol. The lowest BCUT2D eigenvalue weighted by molar-refractivity contribution is 0.298. The number of nitrogens with one attached hydrogen (secondary N) is 1. The summed E-state index contributed by atoms with van der Waals surface area (Å²) in [5, 5.41) is 9.29. The molecule has 1 aromatic heterocycles. The average Bonchev–Trinajstić information content (AvgIpc) is 2.63. The quantitative estimate of drug-likeness (QED) is 0.709. The van der Waals surface area contributed by atoms with Crippen molar-refractivity contribution in [2.45, 2.75) is 11.3 Å². The Hall–Kier alpha value is -2.77. The Balaban J connectivity index is 1.95. The molecule has 6 nitrogen and oxygen atoms in total. The van der Waals surface area contributed by atoms with Crippen LogP contribution in [0.25, 0.3) is 11.1 Å². The number of aliphatic hydroxyl groups is 1. The molecule has 0 aliphatic carbocycles. The summed E-state index contributed by atoms with van der Waals surface area (Å²) >= 11 is 0. The van der Waals surface area contributed by atoms with E-state index in [0.717, 1.165) is 11.1 Å². The molecule has 2 aromatic carbocycles. The highest BCUT2D eigenvalue weighted by Crippen LogP contribution is 2.23. The first-order valence-corrected chi connectivity index (χ1v) is 9.18. The van der Waals surface area contributed by atoms with Crippen molar-refractivity contribution >= 4 is 16.0 Å². The van der Waals surface area contributed by atoms with Crippen LogP contribution in [-0.2, 0) is 16.4 Å². The van der Waals surface area contributed by atoms with Gasteiger partial charge in [0.2, 0.25) is 5.95 Å². The molecule has 25 heavy (non-hydrogen) atoms. The van der Waals surface area contributed by atoms with Crippen molar-refractivity contribution in [3.63, 3.8) is 0 Å². The Morgan fingerprint density at radius 3 is 2.24 bits per heavy atom. The van der Waals surface area contributed by atoms with E-state index in [2.05, 4.69) is 14.7 Å². The van der Waals surface area contributed by atoms with Crippen LogP contribution in [0.5, 0.6) is 0 Å². The molecule has 3 aromatic rings. The van der Waals surface area contributed by atoms with Gasteiger partial charge in [0.1, 0.15) is 0 Å². The molecule has 0 saturated heterocycles. The molecule has 0 aliphatic rings. The van der Waals surface area contributed by atoms with Crippen molar-refractivity contribution in [2.75, 3.05) is 11.3 Å². The van der Waals surface area contributed by atoms with Crippen molar-refractivity contribution in [1.82, 2.24) is 9.97 Å². The molecule has 0 unspecified atom stereocenters. The zero-order valence-electron chi connectivity index (χ0n) is 13.3. The summed E-state index contributed by atoms with van der Waals surface area (Å²) in [5.74, 6) is -0.0213. The number of sulfonamides is 1. The number of benzene rings is 2. The molecular formula is C18H17N3O3S. The number of aromatic nitrogens is 2. The summed E-state index contributed by atoms with van der Waals surface area (Å²) < 4.78 is 27.2. The monoisotopic (exact) mass is 355 g/mol. The van der Waals surface area contributed by atoms with Gasteiger partial charge in [-0.05, 0) is 17.7 Å². The molecule has 0 amide bonds. The Morgan fingerprint density at radius 1 is 0.960 bits per heavy atom. The molecule has 2 N–H and O–H groups in total. The van der Waals surface area contributed by atoms with Gasteiger partial charge in [-0.25, -0.2) is 23.1 Å². The second kappa shape index (κ2) is 7.42. The van der Waals surface area contributed by atoms with E-state index in [1.807, 2.05) is 30.3 Å². The highest BCUT2D eigenvalue weighted by atomic mass is 32.2. The van der Waals surface area contributed by atoms with Crippen LogP contribution in [-0.4, -0.2) is 30.1 Å². The third kappa shape index (κ3) is 4.01. The molecule has 0 bridgehead atoms. The number of hydrogen-bond donors (Lipinski definition) is 2. The topological polar surface area (TPSA) is 92.2 Å². The molecule has 7 heteroatoms. The summed E-state index contributed by atoms with van der Waals surface area (Å²) in [5.41, 5.74) is 2.25. The van der Waals surface area contributed by atoms with Crippen LogP contribution in [0.1, 0.15) is 5.69 Å². The lowest BCUT2D eigenvalue weighted by Crippen LogP contribution is -2.16. The molecule has 0 fully saturated rings. The fourth-order valence-electron chi connectivity index (χ4n) is 2.40. The lowest BCUT2D eigenvalue weighted by atomic mass is 10.0. The minimum absolute atomic E-state index is 0.0213. The molecule has 1 heterocycles. The summed E-state index contributed by atoms with van der Waals surface area (Å²) in [6.45, 7) is -0.0955. The maximum absolute atomic E-state index is 12.4. The smallest absolute Gasteiger partial charge is 0.264 e. The maximum atomic E-state index is 12.4. The van der Waals surface area contributed by atoms with Crippen molar-refractivity contribution in [3.8, 4) is 11.1 Å². The van der Waals surface area contributed by atoms with E-state index >= 15 is 0 Å². The van der Waals surface area contributed by atoms with Gasteiger partial charge in [-0.2, -0.15) is 0 Å². The van der Waals surface area contributed by atoms with E-state index in [-0.39, 0.29) is 17.5 Å². The molecule has 3 rings (SSSR count). The third-order valence-corrected chi connectivity index (χ3v) is 4.92. The zero-order valence-corrected chi connectivity index (χ0v) is 14.1. The van der Waals surface area contributed by atoms with Crippen LogP contribution < -0.4 is 4.72 Å². The fraction of sp³-hybridized carbons (Fsp3) is 0.111. The fourth-order valence-corrected chi connectivity index (χ4v) is 3.37. The second-order valence-electron chi connectivity index (χ2n) is 5.31. The first kappa shape index (κ1) is 17.1. The minimum Gasteiger partial charge on any atom is -0.396 e. The molecule has 0 atom stereocenters. The molecule has 128 valence electrons. The first-order valence-electron chi connectivity index (χ1n) is 7.70. The predicted octanol–water partition coefficient (Wildman–Crippen LogP) is 2.48. The zero-order chi connectivity index (χ0) is 17.7. The van der Waals surface area contributed by atoms with E-state index in [4.69, 9.17) is 0 Å². The van der Waals surface area contributed by atoms with Crippen LogP contribution in [0, 0.1) is 0 Å². The number of anilines is 1. The Morgan fingerprint density at radius 2 is 1.60 bits per heavy atom. The summed E-state index contributed by atoms with van der Waals surface area (Å²) in [6.07, 6.45) is 1.86. The van der Waals surface area contributed by atoms with E-state index in [1.165, 1.54) is 12.1 Å². The first-order chi connectivity index (χ1) is 12.1. The van der Waals surface area contributed by atoms with Crippen LogP contribution in [0.4, 0.5) is 5.95 Å². The molecule has 0 saturated carbocycles. The van der Waals surface area contributed by atoms with Crippen molar-refractivity contribution in [3.05, 3.63) is 72.6 Å². The number of rotatable bonds is 6. The van der Waals surface area contributed by atoms with E-state index in [0.29, 0.717) is 12.1 Å². The number of nitrogens with zero attached hydrogens (tertiary/aromatic N) is 2. The van der Waals surface area contributed by atoms with Crippen LogP contribution in [0.15, 0.2) is 71.8 Å². The standard InChI is InChI=1S/C18H17N3O3S/c22-12-11-17-16(14-7-3-1-4-8-14)13-19-18(20-17)21-25(23,24)15-9-5-2-6-10-15/h1-10,13,22H,11-12H2,(H,19,20,21). The normalized spacial score (nSPS) is 11.2. The van der Waals surface area contributed by atoms with Crippen molar-refractivity contribution in [1.29, 1.82) is 0 Å². The molecular weight excluding hydrogens is 338 g/mol. The van der Waals surface area contributed by atoms with Gasteiger partial charge in [-0.15, -0.1) is 0 Å². The second-order valence-corrected chi connectivity index (χ2v) is 6.99. The van der Waals surface area contributed by atoms with Crippen LogP contribution >= 0.6 is 0 Å². The Kier molecular flexibility index (Phi) is 5.06. The van der Waals surface area contributed by atoms with Gasteiger partial charge < -0.3 is 5.11 Å². The SMILES string of the molecule is O=S(=O)(Nc1ncc(-c2ccccc2)c(CCO)n1)c1ccccc1. The number of aliphatic hydroxyl groups excluding tert-OH is 1. The van der Waals surface area contributed by atoms with Gasteiger partial charge in [0.15, 0.2) is 0 Å². The molecule has 0 aliphatic heterocycles. The summed E-state index contributed by atoms with van der Waals surface area (Å²) in [6, 6.07) is 17.5. The minimum atomic E-state index is -3.76. The van der Waals surface area contributed by atoms with Gasteiger partial charge in [0.25, 0.3) is 10.0 Å². The largest absolute Gasteiger partial charge is 0.396 e. The Labute approximate surface area is 146 Å². The van der Waals surface area contributed by atoms with Gasteiger partial charge in [-0.3, -0.25) is 0 Å². The van der Waals surface area contributed by atoms with Crippen molar-refractivity contribution < 1.29 is 13.5 Å². The number of hydrogen-bond acceptors (Lipinski definition) is 5. The van der Waals surface area contributed by atoms with Gasteiger partial charge in [-0.1, -0.05) is 48.5 Å². The highest BCUT2D eigenvalue weighted by Gasteiger charge is 2.16. The Bertz CT molecular complexity index is 946. The van der Waals surface area contributed by atoms with Gasteiger partial charge in [0.05, 0.1) is 10.6 Å². The summed E-state index contributed by atoms with van der Waals surface area (Å²) in [4.78, 5) is 8.55. The van der Waals surface area contributed by atoms with E-state index in [1.54, 1.807) is 24.4 Å². The maximum Gasteiger partial charge on any atom is 0.264 e. The summed E-state index contributed by atoms with van der Waals surface area (Å²) in [7, 11) is -3.76. The lowest BCUT2D eigenvalue weighted by Gasteiger charge is -2.11. The van der Waals surface area contributed by atoms with Crippen LogP contribution in [0.2, 0.25) is 0 Å². The van der Waals surface area contributed by atoms with Gasteiger partial charge >= 0.3 is 0 Å². The molecule has 0 spiro atoms. The van der Waals surface area contributed by atoms with E-state index in [9.17, 15) is 13.5 Å². The molecule has 0 radical (unpaired) electrons. The van der Waals surface area contributed by atoms with Crippen molar-refractivity contribution in [2.24, 2.45) is 0 Å². The highest BCUT2D eigenvalue weighted by molar-refractivity contribution is 7.92.